The zero-order chi connectivity index (χ0) is 10.0. The molecule has 1 aliphatic carbocycles. The number of H-pyrrole nitrogens is 1. The third-order valence-electron chi connectivity index (χ3n) is 2.53. The second kappa shape index (κ2) is 3.65. The highest BCUT2D eigenvalue weighted by atomic mass is 32.2. The molecule has 0 spiro atoms. The zero-order valence-corrected chi connectivity index (χ0v) is 8.86. The molecule has 14 heavy (non-hydrogen) atoms. The summed E-state index contributed by atoms with van der Waals surface area (Å²) < 4.78 is 0.351. The van der Waals surface area contributed by atoms with Crippen molar-refractivity contribution in [2.75, 3.05) is 18.1 Å². The van der Waals surface area contributed by atoms with Gasteiger partial charge in [0.1, 0.15) is 0 Å². The molecular weight excluding hydrogens is 198 g/mol. The molecule has 0 bridgehead atoms. The monoisotopic (exact) mass is 211 g/mol. The first-order chi connectivity index (χ1) is 6.76. The van der Waals surface area contributed by atoms with E-state index >= 15 is 0 Å². The largest absolute Gasteiger partial charge is 0.364 e. The van der Waals surface area contributed by atoms with E-state index in [-0.39, 0.29) is 5.56 Å². The predicted octanol–water partition coefficient (Wildman–Crippen LogP) is 1.08. The molecule has 2 N–H and O–H groups in total. The van der Waals surface area contributed by atoms with Crippen molar-refractivity contribution >= 4 is 17.6 Å². The minimum absolute atomic E-state index is 0.149. The van der Waals surface area contributed by atoms with E-state index in [1.165, 1.54) is 19.0 Å². The number of nitrogens with one attached hydrogen (secondary N) is 2. The first-order valence-electron chi connectivity index (χ1n) is 4.58. The summed E-state index contributed by atoms with van der Waals surface area (Å²) in [5.41, 5.74) is -0.149. The molecule has 0 saturated heterocycles. The van der Waals surface area contributed by atoms with E-state index < -0.39 is 0 Å². The van der Waals surface area contributed by atoms with E-state index in [1.54, 1.807) is 6.20 Å². The van der Waals surface area contributed by atoms with Gasteiger partial charge in [-0.2, -0.15) is 11.8 Å². The van der Waals surface area contributed by atoms with Crippen molar-refractivity contribution in [3.05, 3.63) is 22.7 Å². The van der Waals surface area contributed by atoms with Gasteiger partial charge in [0, 0.05) is 23.7 Å². The predicted molar refractivity (Wildman–Crippen MR) is 58.8 cm³/mol. The fourth-order valence-corrected chi connectivity index (χ4v) is 2.04. The van der Waals surface area contributed by atoms with Crippen LogP contribution in [0.4, 0.5) is 5.82 Å². The Kier molecular flexibility index (Phi) is 2.50. The van der Waals surface area contributed by atoms with Crippen LogP contribution in [0.1, 0.15) is 12.8 Å². The number of aromatic nitrogens is 2. The van der Waals surface area contributed by atoms with Crippen molar-refractivity contribution in [2.45, 2.75) is 17.6 Å². The van der Waals surface area contributed by atoms with Crippen molar-refractivity contribution in [3.8, 4) is 0 Å². The smallest absolute Gasteiger partial charge is 0.290 e. The van der Waals surface area contributed by atoms with Crippen molar-refractivity contribution in [1.29, 1.82) is 0 Å². The summed E-state index contributed by atoms with van der Waals surface area (Å²) in [4.78, 5) is 17.8. The highest BCUT2D eigenvalue weighted by molar-refractivity contribution is 8.00. The van der Waals surface area contributed by atoms with Crippen molar-refractivity contribution in [2.24, 2.45) is 0 Å². The van der Waals surface area contributed by atoms with Crippen molar-refractivity contribution < 1.29 is 0 Å². The molecule has 0 aliphatic heterocycles. The summed E-state index contributed by atoms with van der Waals surface area (Å²) in [5, 5.41) is 3.09. The average Bonchev–Trinajstić information content (AvgIpc) is 2.98. The molecule has 1 saturated carbocycles. The first kappa shape index (κ1) is 9.58. The third-order valence-corrected chi connectivity index (χ3v) is 3.94. The quantitative estimate of drug-likeness (QED) is 0.782. The fourth-order valence-electron chi connectivity index (χ4n) is 1.31. The lowest BCUT2D eigenvalue weighted by molar-refractivity contribution is 0.931. The molecule has 0 radical (unpaired) electrons. The van der Waals surface area contributed by atoms with Gasteiger partial charge in [0.15, 0.2) is 5.82 Å². The number of rotatable bonds is 4. The van der Waals surface area contributed by atoms with Gasteiger partial charge in [-0.05, 0) is 19.1 Å². The van der Waals surface area contributed by atoms with E-state index in [0.29, 0.717) is 10.6 Å². The lowest BCUT2D eigenvalue weighted by Crippen LogP contribution is -2.23. The minimum Gasteiger partial charge on any atom is -0.364 e. The number of aromatic amines is 1. The van der Waals surface area contributed by atoms with Crippen LogP contribution in [0, 0.1) is 0 Å². The van der Waals surface area contributed by atoms with Crippen molar-refractivity contribution in [3.63, 3.8) is 0 Å². The molecule has 0 unspecified atom stereocenters. The Bertz CT molecular complexity index is 372. The third kappa shape index (κ3) is 1.92. The molecule has 1 heterocycles. The second-order valence-electron chi connectivity index (χ2n) is 3.51. The van der Waals surface area contributed by atoms with Crippen LogP contribution in [-0.4, -0.2) is 27.5 Å². The topological polar surface area (TPSA) is 57.8 Å². The van der Waals surface area contributed by atoms with E-state index in [2.05, 4.69) is 21.5 Å². The van der Waals surface area contributed by atoms with Gasteiger partial charge in [0.2, 0.25) is 0 Å². The Balaban J connectivity index is 1.99. The highest BCUT2D eigenvalue weighted by Crippen LogP contribution is 2.46. The second-order valence-corrected chi connectivity index (χ2v) is 4.78. The van der Waals surface area contributed by atoms with Crippen LogP contribution in [0.3, 0.4) is 0 Å². The van der Waals surface area contributed by atoms with Gasteiger partial charge in [-0.15, -0.1) is 0 Å². The minimum atomic E-state index is -0.149. The Morgan fingerprint density at radius 3 is 3.07 bits per heavy atom. The van der Waals surface area contributed by atoms with Crippen LogP contribution >= 0.6 is 11.8 Å². The van der Waals surface area contributed by atoms with E-state index in [4.69, 9.17) is 0 Å². The maximum Gasteiger partial charge on any atom is 0.290 e. The zero-order valence-electron chi connectivity index (χ0n) is 8.04. The van der Waals surface area contributed by atoms with Gasteiger partial charge < -0.3 is 10.3 Å². The SMILES string of the molecule is CSC1(CNc2ncc[nH]c2=O)CC1. The van der Waals surface area contributed by atoms with Gasteiger partial charge in [0.25, 0.3) is 5.56 Å². The Labute approximate surface area is 86.5 Å². The molecule has 1 fully saturated rings. The molecule has 76 valence electrons. The molecule has 0 atom stereocenters. The van der Waals surface area contributed by atoms with Gasteiger partial charge in [0.05, 0.1) is 0 Å². The summed E-state index contributed by atoms with van der Waals surface area (Å²) in [6.45, 7) is 0.828. The molecule has 1 aromatic heterocycles. The van der Waals surface area contributed by atoms with E-state index in [1.807, 2.05) is 11.8 Å². The molecule has 5 heteroatoms. The van der Waals surface area contributed by atoms with Crippen LogP contribution in [-0.2, 0) is 0 Å². The summed E-state index contributed by atoms with van der Waals surface area (Å²) in [6.07, 6.45) is 7.69. The maximum atomic E-state index is 11.3. The molecule has 1 aromatic rings. The fraction of sp³-hybridized carbons (Fsp3) is 0.556. The van der Waals surface area contributed by atoms with Crippen molar-refractivity contribution in [1.82, 2.24) is 9.97 Å². The van der Waals surface area contributed by atoms with Crippen LogP contribution in [0.2, 0.25) is 0 Å². The lowest BCUT2D eigenvalue weighted by Gasteiger charge is -2.12. The average molecular weight is 211 g/mol. The molecular formula is C9H13N3OS. The molecule has 0 aromatic carbocycles. The van der Waals surface area contributed by atoms with Crippen LogP contribution in [0.25, 0.3) is 0 Å². The number of anilines is 1. The summed E-state index contributed by atoms with van der Waals surface area (Å²) >= 11 is 1.86. The van der Waals surface area contributed by atoms with E-state index in [0.717, 1.165) is 6.54 Å². The van der Waals surface area contributed by atoms with Gasteiger partial charge in [-0.25, -0.2) is 4.98 Å². The Hall–Kier alpha value is -0.970. The van der Waals surface area contributed by atoms with Crippen LogP contribution < -0.4 is 10.9 Å². The number of nitrogens with zero attached hydrogens (tertiary/aromatic N) is 1. The molecule has 0 amide bonds. The molecule has 2 rings (SSSR count). The van der Waals surface area contributed by atoms with Gasteiger partial charge >= 0.3 is 0 Å². The first-order valence-corrected chi connectivity index (χ1v) is 5.81. The molecule has 4 nitrogen and oxygen atoms in total. The normalized spacial score (nSPS) is 17.8. The number of hydrogen-bond donors (Lipinski definition) is 2. The Morgan fingerprint density at radius 1 is 1.71 bits per heavy atom. The van der Waals surface area contributed by atoms with Crippen LogP contribution in [0.15, 0.2) is 17.2 Å². The summed E-state index contributed by atoms with van der Waals surface area (Å²) in [6, 6.07) is 0. The van der Waals surface area contributed by atoms with Gasteiger partial charge in [-0.3, -0.25) is 4.79 Å². The summed E-state index contributed by atoms with van der Waals surface area (Å²) in [7, 11) is 0. The number of thioether (sulfide) groups is 1. The lowest BCUT2D eigenvalue weighted by atomic mass is 10.4. The van der Waals surface area contributed by atoms with Crippen LogP contribution in [0.5, 0.6) is 0 Å². The number of hydrogen-bond acceptors (Lipinski definition) is 4. The Morgan fingerprint density at radius 2 is 2.50 bits per heavy atom. The molecule has 1 aliphatic rings. The highest BCUT2D eigenvalue weighted by Gasteiger charge is 2.41. The maximum absolute atomic E-state index is 11.3. The summed E-state index contributed by atoms with van der Waals surface area (Å²) in [5.74, 6) is 0.424. The van der Waals surface area contributed by atoms with E-state index in [9.17, 15) is 4.79 Å². The van der Waals surface area contributed by atoms with Gasteiger partial charge in [-0.1, -0.05) is 0 Å². The standard InChI is InChI=1S/C9H13N3OS/c1-14-9(2-3-9)6-12-7-8(13)11-5-4-10-7/h4-5H,2-3,6H2,1H3,(H,10,12)(H,11,13).